The fraction of sp³-hybridized carbons (Fsp3) is 0.0833. The van der Waals surface area contributed by atoms with Gasteiger partial charge in [-0.25, -0.2) is 4.79 Å². The van der Waals surface area contributed by atoms with Crippen molar-refractivity contribution < 1.29 is 24.2 Å². The summed E-state index contributed by atoms with van der Waals surface area (Å²) in [6, 6.07) is 17.9. The van der Waals surface area contributed by atoms with Gasteiger partial charge in [-0.05, 0) is 18.2 Å². The van der Waals surface area contributed by atoms with Crippen LogP contribution in [0.2, 0.25) is 0 Å². The van der Waals surface area contributed by atoms with Crippen LogP contribution < -0.4 is 20.3 Å². The summed E-state index contributed by atoms with van der Waals surface area (Å²) < 4.78 is 11.5. The fourth-order valence-electron chi connectivity index (χ4n) is 3.44. The normalized spacial score (nSPS) is 10.6. The zero-order valence-corrected chi connectivity index (χ0v) is 17.7. The minimum absolute atomic E-state index is 0.00603. The van der Waals surface area contributed by atoms with Crippen LogP contribution in [0.4, 0.5) is 5.69 Å². The van der Waals surface area contributed by atoms with E-state index in [1.54, 1.807) is 54.6 Å². The molecule has 0 saturated carbocycles. The molecule has 0 unspecified atom stereocenters. The van der Waals surface area contributed by atoms with E-state index in [9.17, 15) is 19.5 Å². The predicted octanol–water partition coefficient (Wildman–Crippen LogP) is 3.35. The third-order valence-corrected chi connectivity index (χ3v) is 5.02. The van der Waals surface area contributed by atoms with Crippen LogP contribution >= 0.6 is 0 Å². The lowest BCUT2D eigenvalue weighted by Gasteiger charge is -2.15. The number of carbonyl (C=O) groups excluding carboxylic acids is 1. The number of ether oxygens (including phenoxy) is 2. The number of aromatic carboxylic acids is 1. The van der Waals surface area contributed by atoms with Crippen molar-refractivity contribution in [1.29, 1.82) is 0 Å². The smallest absolute Gasteiger partial charge is 0.337 e. The maximum absolute atomic E-state index is 13.3. The van der Waals surface area contributed by atoms with Gasteiger partial charge in [0.1, 0.15) is 0 Å². The molecule has 4 rings (SSSR count). The number of nitrogens with one attached hydrogen (secondary N) is 1. The van der Waals surface area contributed by atoms with Crippen LogP contribution in [0.25, 0.3) is 16.5 Å². The molecule has 1 heterocycles. The SMILES string of the molecule is COc1cc(NC(=O)c2nn(-c3ccccc3)c(=O)c3ccccc23)c(C(=O)O)cc1OC. The number of carboxylic acids is 1. The lowest BCUT2D eigenvalue weighted by atomic mass is 10.1. The minimum atomic E-state index is -1.27. The van der Waals surface area contributed by atoms with Gasteiger partial charge in [0, 0.05) is 17.5 Å². The van der Waals surface area contributed by atoms with E-state index in [0.717, 1.165) is 4.68 Å². The first-order chi connectivity index (χ1) is 15.9. The number of para-hydroxylation sites is 1. The summed E-state index contributed by atoms with van der Waals surface area (Å²) in [6.07, 6.45) is 0. The van der Waals surface area contributed by atoms with Crippen LogP contribution in [-0.4, -0.2) is 41.0 Å². The van der Waals surface area contributed by atoms with Gasteiger partial charge in [-0.1, -0.05) is 36.4 Å². The molecule has 9 nitrogen and oxygen atoms in total. The molecule has 0 saturated heterocycles. The number of hydrogen-bond acceptors (Lipinski definition) is 6. The molecule has 0 spiro atoms. The summed E-state index contributed by atoms with van der Waals surface area (Å²) in [5, 5.41) is 17.2. The van der Waals surface area contributed by atoms with E-state index in [1.165, 1.54) is 26.4 Å². The monoisotopic (exact) mass is 445 g/mol. The van der Waals surface area contributed by atoms with Crippen molar-refractivity contribution in [2.24, 2.45) is 0 Å². The van der Waals surface area contributed by atoms with Gasteiger partial charge < -0.3 is 19.9 Å². The van der Waals surface area contributed by atoms with Crippen LogP contribution in [0.1, 0.15) is 20.8 Å². The second-order valence-corrected chi connectivity index (χ2v) is 6.96. The molecule has 3 aromatic carbocycles. The average Bonchev–Trinajstić information content (AvgIpc) is 2.84. The summed E-state index contributed by atoms with van der Waals surface area (Å²) >= 11 is 0. The van der Waals surface area contributed by atoms with Gasteiger partial charge in [0.05, 0.1) is 36.5 Å². The van der Waals surface area contributed by atoms with E-state index in [-0.39, 0.29) is 34.0 Å². The van der Waals surface area contributed by atoms with E-state index in [4.69, 9.17) is 9.47 Å². The number of carbonyl (C=O) groups is 2. The largest absolute Gasteiger partial charge is 0.493 e. The number of amides is 1. The first kappa shape index (κ1) is 21.6. The molecule has 0 aliphatic rings. The molecule has 0 aliphatic carbocycles. The molecule has 2 N–H and O–H groups in total. The zero-order valence-electron chi connectivity index (χ0n) is 17.7. The number of anilines is 1. The highest BCUT2D eigenvalue weighted by atomic mass is 16.5. The van der Waals surface area contributed by atoms with Crippen molar-refractivity contribution in [3.05, 3.63) is 88.3 Å². The average molecular weight is 445 g/mol. The maximum atomic E-state index is 13.3. The Bertz CT molecular complexity index is 1430. The number of methoxy groups -OCH3 is 2. The summed E-state index contributed by atoms with van der Waals surface area (Å²) in [5.74, 6) is -1.51. The quantitative estimate of drug-likeness (QED) is 0.467. The number of nitrogens with zero attached hydrogens (tertiary/aromatic N) is 2. The minimum Gasteiger partial charge on any atom is -0.493 e. The molecule has 0 fully saturated rings. The van der Waals surface area contributed by atoms with E-state index in [2.05, 4.69) is 10.4 Å². The topological polar surface area (TPSA) is 120 Å². The summed E-state index contributed by atoms with van der Waals surface area (Å²) in [5.41, 5.74) is -0.138. The lowest BCUT2D eigenvalue weighted by molar-refractivity contribution is 0.0697. The third-order valence-electron chi connectivity index (χ3n) is 5.02. The van der Waals surface area contributed by atoms with Crippen molar-refractivity contribution >= 4 is 28.3 Å². The predicted molar refractivity (Wildman–Crippen MR) is 122 cm³/mol. The Morgan fingerprint density at radius 2 is 1.52 bits per heavy atom. The molecule has 166 valence electrons. The molecule has 4 aromatic rings. The second-order valence-electron chi connectivity index (χ2n) is 6.96. The standard InChI is InChI=1S/C24H19N3O6/c1-32-19-12-17(24(30)31)18(13-20(19)33-2)25-22(28)21-15-10-6-7-11-16(15)23(29)27(26-21)14-8-4-3-5-9-14/h3-13H,1-2H3,(H,25,28)(H,30,31). The Kier molecular flexibility index (Phi) is 5.77. The Morgan fingerprint density at radius 3 is 2.15 bits per heavy atom. The van der Waals surface area contributed by atoms with Crippen LogP contribution in [-0.2, 0) is 0 Å². The number of carboxylic acid groups (broad SMARTS) is 1. The highest BCUT2D eigenvalue weighted by Gasteiger charge is 2.22. The van der Waals surface area contributed by atoms with Crippen molar-refractivity contribution in [2.75, 3.05) is 19.5 Å². The van der Waals surface area contributed by atoms with E-state index in [1.807, 2.05) is 0 Å². The fourth-order valence-corrected chi connectivity index (χ4v) is 3.44. The van der Waals surface area contributed by atoms with Crippen molar-refractivity contribution in [1.82, 2.24) is 9.78 Å². The van der Waals surface area contributed by atoms with E-state index >= 15 is 0 Å². The molecule has 1 aromatic heterocycles. The van der Waals surface area contributed by atoms with Gasteiger partial charge in [0.15, 0.2) is 17.2 Å². The first-order valence-corrected chi connectivity index (χ1v) is 9.82. The third kappa shape index (κ3) is 3.99. The zero-order chi connectivity index (χ0) is 23.5. The van der Waals surface area contributed by atoms with Gasteiger partial charge >= 0.3 is 5.97 Å². The Hall–Kier alpha value is -4.66. The van der Waals surface area contributed by atoms with Crippen LogP contribution in [0.5, 0.6) is 11.5 Å². The van der Waals surface area contributed by atoms with E-state index < -0.39 is 11.9 Å². The van der Waals surface area contributed by atoms with E-state index in [0.29, 0.717) is 16.5 Å². The highest BCUT2D eigenvalue weighted by Crippen LogP contribution is 2.33. The maximum Gasteiger partial charge on any atom is 0.337 e. The number of aromatic nitrogens is 2. The summed E-state index contributed by atoms with van der Waals surface area (Å²) in [6.45, 7) is 0. The number of hydrogen-bond donors (Lipinski definition) is 2. The number of benzene rings is 3. The molecular weight excluding hydrogens is 426 g/mol. The van der Waals surface area contributed by atoms with Crippen LogP contribution in [0.3, 0.4) is 0 Å². The number of rotatable bonds is 6. The summed E-state index contributed by atoms with van der Waals surface area (Å²) in [4.78, 5) is 38.1. The molecule has 1 amide bonds. The molecule has 0 aliphatic heterocycles. The highest BCUT2D eigenvalue weighted by molar-refractivity contribution is 6.13. The molecule has 33 heavy (non-hydrogen) atoms. The first-order valence-electron chi connectivity index (χ1n) is 9.82. The van der Waals surface area contributed by atoms with Gasteiger partial charge in [0.25, 0.3) is 11.5 Å². The molecule has 0 bridgehead atoms. The molecule has 0 radical (unpaired) electrons. The van der Waals surface area contributed by atoms with Crippen molar-refractivity contribution in [3.63, 3.8) is 0 Å². The van der Waals surface area contributed by atoms with Gasteiger partial charge in [-0.3, -0.25) is 9.59 Å². The Balaban J connectivity index is 1.87. The molecule has 9 heteroatoms. The van der Waals surface area contributed by atoms with Crippen molar-refractivity contribution in [3.8, 4) is 17.2 Å². The van der Waals surface area contributed by atoms with Crippen LogP contribution in [0.15, 0.2) is 71.5 Å². The van der Waals surface area contributed by atoms with Gasteiger partial charge in [0.2, 0.25) is 0 Å². The van der Waals surface area contributed by atoms with Crippen molar-refractivity contribution in [2.45, 2.75) is 0 Å². The van der Waals surface area contributed by atoms with Gasteiger partial charge in [-0.2, -0.15) is 9.78 Å². The number of fused-ring (bicyclic) bond motifs is 1. The molecular formula is C24H19N3O6. The molecule has 0 atom stereocenters. The van der Waals surface area contributed by atoms with Crippen LogP contribution in [0, 0.1) is 0 Å². The van der Waals surface area contributed by atoms with Gasteiger partial charge in [-0.15, -0.1) is 0 Å². The Labute approximate surface area is 187 Å². The second kappa shape index (κ2) is 8.83. The Morgan fingerprint density at radius 1 is 0.909 bits per heavy atom. The lowest BCUT2D eigenvalue weighted by Crippen LogP contribution is -2.26. The summed E-state index contributed by atoms with van der Waals surface area (Å²) in [7, 11) is 2.78.